The number of nitrogens with zero attached hydrogens (tertiary/aromatic N) is 1. The lowest BCUT2D eigenvalue weighted by molar-refractivity contribution is 0.0894. The van der Waals surface area contributed by atoms with E-state index in [0.29, 0.717) is 17.9 Å². The molecule has 0 amide bonds. The molecule has 1 unspecified atom stereocenters. The molecule has 0 aliphatic carbocycles. The van der Waals surface area contributed by atoms with Crippen LogP contribution in [0.25, 0.3) is 0 Å². The van der Waals surface area contributed by atoms with Gasteiger partial charge in [-0.3, -0.25) is 4.98 Å². The van der Waals surface area contributed by atoms with Crippen LogP contribution in [0, 0.1) is 0 Å². The molecule has 3 N–H and O–H groups in total. The zero-order valence-corrected chi connectivity index (χ0v) is 11.6. The van der Waals surface area contributed by atoms with E-state index in [9.17, 15) is 5.11 Å². The van der Waals surface area contributed by atoms with Gasteiger partial charge in [-0.15, -0.1) is 0 Å². The third kappa shape index (κ3) is 2.98. The SMILES string of the molecule is CCCOc1cncc(C(O)(CN)c2ccccc2)c1. The second-order valence-corrected chi connectivity index (χ2v) is 4.69. The van der Waals surface area contributed by atoms with Gasteiger partial charge in [-0.25, -0.2) is 0 Å². The van der Waals surface area contributed by atoms with Crippen molar-refractivity contribution in [2.75, 3.05) is 13.2 Å². The van der Waals surface area contributed by atoms with Gasteiger partial charge < -0.3 is 15.6 Å². The highest BCUT2D eigenvalue weighted by Gasteiger charge is 2.30. The molecular weight excluding hydrogens is 252 g/mol. The molecule has 0 radical (unpaired) electrons. The van der Waals surface area contributed by atoms with Crippen molar-refractivity contribution in [2.45, 2.75) is 18.9 Å². The Morgan fingerprint density at radius 1 is 1.20 bits per heavy atom. The van der Waals surface area contributed by atoms with Crippen molar-refractivity contribution in [3.05, 3.63) is 59.9 Å². The Labute approximate surface area is 119 Å². The summed E-state index contributed by atoms with van der Waals surface area (Å²) in [6.07, 6.45) is 4.18. The average molecular weight is 272 g/mol. The Morgan fingerprint density at radius 2 is 1.95 bits per heavy atom. The monoisotopic (exact) mass is 272 g/mol. The van der Waals surface area contributed by atoms with Gasteiger partial charge in [-0.2, -0.15) is 0 Å². The molecule has 0 aliphatic heterocycles. The van der Waals surface area contributed by atoms with Gasteiger partial charge in [0.05, 0.1) is 12.8 Å². The largest absolute Gasteiger partial charge is 0.492 e. The summed E-state index contributed by atoms with van der Waals surface area (Å²) < 4.78 is 5.56. The number of ether oxygens (including phenoxy) is 1. The average Bonchev–Trinajstić information content (AvgIpc) is 2.53. The Bertz CT molecular complexity index is 545. The Balaban J connectivity index is 2.36. The van der Waals surface area contributed by atoms with Crippen LogP contribution in [0.3, 0.4) is 0 Å². The summed E-state index contributed by atoms with van der Waals surface area (Å²) in [6, 6.07) is 11.2. The highest BCUT2D eigenvalue weighted by Crippen LogP contribution is 2.29. The molecule has 1 aromatic carbocycles. The quantitative estimate of drug-likeness (QED) is 0.844. The predicted octanol–water partition coefficient (Wildman–Crippen LogP) is 2.06. The fourth-order valence-electron chi connectivity index (χ4n) is 2.06. The molecule has 0 aliphatic rings. The summed E-state index contributed by atoms with van der Waals surface area (Å²) in [6.45, 7) is 2.74. The third-order valence-corrected chi connectivity index (χ3v) is 3.21. The van der Waals surface area contributed by atoms with Gasteiger partial charge in [0, 0.05) is 18.3 Å². The van der Waals surface area contributed by atoms with Gasteiger partial charge in [0.2, 0.25) is 0 Å². The van der Waals surface area contributed by atoms with Crippen LogP contribution < -0.4 is 10.5 Å². The highest BCUT2D eigenvalue weighted by atomic mass is 16.5. The summed E-state index contributed by atoms with van der Waals surface area (Å²) in [4.78, 5) is 4.14. The molecule has 0 spiro atoms. The van der Waals surface area contributed by atoms with Crippen LogP contribution in [0.2, 0.25) is 0 Å². The number of aromatic nitrogens is 1. The van der Waals surface area contributed by atoms with Crippen molar-refractivity contribution in [2.24, 2.45) is 5.73 Å². The predicted molar refractivity (Wildman–Crippen MR) is 78.5 cm³/mol. The molecule has 0 bridgehead atoms. The zero-order chi connectivity index (χ0) is 14.4. The number of rotatable bonds is 6. The molecule has 1 atom stereocenters. The number of nitrogens with two attached hydrogens (primary N) is 1. The number of aliphatic hydroxyl groups is 1. The minimum absolute atomic E-state index is 0.0793. The van der Waals surface area contributed by atoms with E-state index in [1.807, 2.05) is 37.3 Å². The van der Waals surface area contributed by atoms with E-state index in [0.717, 1.165) is 12.0 Å². The first-order chi connectivity index (χ1) is 9.70. The maximum atomic E-state index is 10.9. The van der Waals surface area contributed by atoms with Crippen LogP contribution in [0.4, 0.5) is 0 Å². The molecule has 1 aromatic heterocycles. The van der Waals surface area contributed by atoms with Crippen molar-refractivity contribution < 1.29 is 9.84 Å². The Hall–Kier alpha value is -1.91. The Morgan fingerprint density at radius 3 is 2.60 bits per heavy atom. The van der Waals surface area contributed by atoms with Crippen molar-refractivity contribution in [3.63, 3.8) is 0 Å². The van der Waals surface area contributed by atoms with E-state index in [2.05, 4.69) is 4.98 Å². The fourth-order valence-corrected chi connectivity index (χ4v) is 2.06. The number of benzene rings is 1. The maximum Gasteiger partial charge on any atom is 0.137 e. The van der Waals surface area contributed by atoms with Crippen LogP contribution in [0.15, 0.2) is 48.8 Å². The first kappa shape index (κ1) is 14.5. The second kappa shape index (κ2) is 6.50. The van der Waals surface area contributed by atoms with Gasteiger partial charge in [-0.05, 0) is 18.1 Å². The summed E-state index contributed by atoms with van der Waals surface area (Å²) >= 11 is 0. The fraction of sp³-hybridized carbons (Fsp3) is 0.312. The van der Waals surface area contributed by atoms with Crippen molar-refractivity contribution >= 4 is 0 Å². The summed E-state index contributed by atoms with van der Waals surface area (Å²) in [5, 5.41) is 10.9. The minimum atomic E-state index is -1.25. The molecule has 0 saturated heterocycles. The molecule has 2 rings (SSSR count). The topological polar surface area (TPSA) is 68.4 Å². The molecular formula is C16H20N2O2. The number of hydrogen-bond acceptors (Lipinski definition) is 4. The first-order valence-electron chi connectivity index (χ1n) is 6.77. The van der Waals surface area contributed by atoms with Crippen LogP contribution in [0.1, 0.15) is 24.5 Å². The van der Waals surface area contributed by atoms with Crippen LogP contribution in [0.5, 0.6) is 5.75 Å². The lowest BCUT2D eigenvalue weighted by Gasteiger charge is -2.27. The zero-order valence-electron chi connectivity index (χ0n) is 11.6. The highest BCUT2D eigenvalue weighted by molar-refractivity contribution is 5.38. The standard InChI is InChI=1S/C16H20N2O2/c1-2-8-20-15-9-14(10-18-11-15)16(19,12-17)13-6-4-3-5-7-13/h3-7,9-11,19H,2,8,12,17H2,1H3. The maximum absolute atomic E-state index is 10.9. The Kier molecular flexibility index (Phi) is 4.71. The van der Waals surface area contributed by atoms with E-state index in [4.69, 9.17) is 10.5 Å². The van der Waals surface area contributed by atoms with Gasteiger partial charge in [-0.1, -0.05) is 37.3 Å². The molecule has 106 valence electrons. The molecule has 1 heterocycles. The summed E-state index contributed by atoms with van der Waals surface area (Å²) in [5.41, 5.74) is 5.94. The van der Waals surface area contributed by atoms with Crippen LogP contribution in [-0.4, -0.2) is 23.2 Å². The van der Waals surface area contributed by atoms with E-state index in [-0.39, 0.29) is 6.54 Å². The van der Waals surface area contributed by atoms with E-state index in [1.165, 1.54) is 0 Å². The summed E-state index contributed by atoms with van der Waals surface area (Å²) in [5.74, 6) is 0.646. The molecule has 4 nitrogen and oxygen atoms in total. The minimum Gasteiger partial charge on any atom is -0.492 e. The lowest BCUT2D eigenvalue weighted by Crippen LogP contribution is -2.36. The van der Waals surface area contributed by atoms with E-state index in [1.54, 1.807) is 18.5 Å². The van der Waals surface area contributed by atoms with Crippen molar-refractivity contribution in [3.8, 4) is 5.75 Å². The van der Waals surface area contributed by atoms with Gasteiger partial charge in [0.15, 0.2) is 0 Å². The van der Waals surface area contributed by atoms with E-state index >= 15 is 0 Å². The molecule has 0 saturated carbocycles. The molecule has 20 heavy (non-hydrogen) atoms. The van der Waals surface area contributed by atoms with Crippen molar-refractivity contribution in [1.29, 1.82) is 0 Å². The van der Waals surface area contributed by atoms with Crippen LogP contribution in [-0.2, 0) is 5.60 Å². The molecule has 2 aromatic rings. The van der Waals surface area contributed by atoms with Gasteiger partial charge in [0.25, 0.3) is 0 Å². The second-order valence-electron chi connectivity index (χ2n) is 4.69. The summed E-state index contributed by atoms with van der Waals surface area (Å²) in [7, 11) is 0. The van der Waals surface area contributed by atoms with Crippen LogP contribution >= 0.6 is 0 Å². The normalized spacial score (nSPS) is 13.8. The lowest BCUT2D eigenvalue weighted by atomic mass is 9.87. The number of pyridine rings is 1. The smallest absolute Gasteiger partial charge is 0.137 e. The third-order valence-electron chi connectivity index (χ3n) is 3.21. The molecule has 0 fully saturated rings. The van der Waals surface area contributed by atoms with Gasteiger partial charge in [0.1, 0.15) is 11.4 Å². The first-order valence-corrected chi connectivity index (χ1v) is 6.77. The molecule has 4 heteroatoms. The van der Waals surface area contributed by atoms with Crippen molar-refractivity contribution in [1.82, 2.24) is 4.98 Å². The number of hydrogen-bond donors (Lipinski definition) is 2. The van der Waals surface area contributed by atoms with E-state index < -0.39 is 5.60 Å². The van der Waals surface area contributed by atoms with Gasteiger partial charge >= 0.3 is 0 Å².